The fourth-order valence-corrected chi connectivity index (χ4v) is 3.64. The lowest BCUT2D eigenvalue weighted by atomic mass is 10.0. The van der Waals surface area contributed by atoms with Crippen molar-refractivity contribution in [1.29, 1.82) is 0 Å². The van der Waals surface area contributed by atoms with Gasteiger partial charge in [0.05, 0.1) is 6.10 Å². The molecular formula is C27H27N3O3S. The standard InChI is InChI=1S/C27H27N3O3S/c1-16(2)18-5-7-20(8-6-18)26-29-23-15-21(11-14-24(23)33-26)28-27(34)30-25(31)19-9-12-22(13-10-19)32-17(3)4/h5-17H,1-4H3,(H2,28,30,31,34). The number of oxazole rings is 1. The zero-order valence-corrected chi connectivity index (χ0v) is 20.4. The molecule has 2 N–H and O–H groups in total. The molecule has 0 spiro atoms. The summed E-state index contributed by atoms with van der Waals surface area (Å²) >= 11 is 5.32. The molecule has 4 rings (SSSR count). The van der Waals surface area contributed by atoms with Crippen LogP contribution >= 0.6 is 12.2 Å². The molecule has 1 amide bonds. The van der Waals surface area contributed by atoms with E-state index in [9.17, 15) is 4.79 Å². The first-order chi connectivity index (χ1) is 16.3. The number of thiocarbonyl (C=S) groups is 1. The zero-order valence-electron chi connectivity index (χ0n) is 19.6. The maximum absolute atomic E-state index is 12.5. The molecule has 0 unspecified atom stereocenters. The minimum Gasteiger partial charge on any atom is -0.491 e. The van der Waals surface area contributed by atoms with Crippen molar-refractivity contribution in [2.45, 2.75) is 39.7 Å². The van der Waals surface area contributed by atoms with Crippen LogP contribution in [0.25, 0.3) is 22.6 Å². The molecule has 0 atom stereocenters. The number of fused-ring (bicyclic) bond motifs is 1. The summed E-state index contributed by atoms with van der Waals surface area (Å²) < 4.78 is 11.5. The topological polar surface area (TPSA) is 76.4 Å². The van der Waals surface area contributed by atoms with Crippen molar-refractivity contribution >= 4 is 40.0 Å². The number of rotatable bonds is 6. The highest BCUT2D eigenvalue weighted by atomic mass is 32.1. The van der Waals surface area contributed by atoms with Gasteiger partial charge in [-0.05, 0) is 92.1 Å². The van der Waals surface area contributed by atoms with Crippen LogP contribution in [0, 0.1) is 0 Å². The van der Waals surface area contributed by atoms with Crippen LogP contribution in [0.5, 0.6) is 5.75 Å². The van der Waals surface area contributed by atoms with Gasteiger partial charge in [-0.3, -0.25) is 10.1 Å². The average molecular weight is 474 g/mol. The lowest BCUT2D eigenvalue weighted by Crippen LogP contribution is -2.34. The quantitative estimate of drug-likeness (QED) is 0.310. The number of benzene rings is 3. The van der Waals surface area contributed by atoms with E-state index in [4.69, 9.17) is 21.4 Å². The number of ether oxygens (including phenoxy) is 1. The van der Waals surface area contributed by atoms with Crippen LogP contribution in [0.4, 0.5) is 5.69 Å². The Hall–Kier alpha value is -3.71. The molecule has 0 bridgehead atoms. The largest absolute Gasteiger partial charge is 0.491 e. The molecule has 3 aromatic carbocycles. The highest BCUT2D eigenvalue weighted by Gasteiger charge is 2.12. The molecule has 4 aromatic rings. The molecule has 7 heteroatoms. The summed E-state index contributed by atoms with van der Waals surface area (Å²) in [5.41, 5.74) is 4.74. The van der Waals surface area contributed by atoms with Crippen LogP contribution in [0.1, 0.15) is 49.5 Å². The number of anilines is 1. The number of nitrogens with zero attached hydrogens (tertiary/aromatic N) is 1. The SMILES string of the molecule is CC(C)Oc1ccc(C(=O)NC(=S)Nc2ccc3oc(-c4ccc(C(C)C)cc4)nc3c2)cc1. The molecule has 0 aliphatic rings. The van der Waals surface area contributed by atoms with E-state index in [0.29, 0.717) is 39.9 Å². The van der Waals surface area contributed by atoms with E-state index < -0.39 is 0 Å². The Morgan fingerprint density at radius 1 is 0.971 bits per heavy atom. The van der Waals surface area contributed by atoms with Crippen molar-refractivity contribution in [3.05, 3.63) is 77.9 Å². The minimum absolute atomic E-state index is 0.0695. The Kier molecular flexibility index (Phi) is 6.93. The summed E-state index contributed by atoms with van der Waals surface area (Å²) in [6, 6.07) is 20.6. The third-order valence-electron chi connectivity index (χ3n) is 5.19. The van der Waals surface area contributed by atoms with Gasteiger partial charge in [0.1, 0.15) is 11.3 Å². The van der Waals surface area contributed by atoms with E-state index in [1.165, 1.54) is 5.56 Å². The van der Waals surface area contributed by atoms with Crippen LogP contribution in [0.15, 0.2) is 71.1 Å². The monoisotopic (exact) mass is 473 g/mol. The third-order valence-corrected chi connectivity index (χ3v) is 5.39. The van der Waals surface area contributed by atoms with Crippen LogP contribution in [-0.2, 0) is 0 Å². The van der Waals surface area contributed by atoms with Crippen molar-refractivity contribution in [1.82, 2.24) is 10.3 Å². The second kappa shape index (κ2) is 10.1. The lowest BCUT2D eigenvalue weighted by Gasteiger charge is -2.11. The van der Waals surface area contributed by atoms with Gasteiger partial charge in [-0.15, -0.1) is 0 Å². The summed E-state index contributed by atoms with van der Waals surface area (Å²) in [6.45, 7) is 8.22. The Morgan fingerprint density at radius 3 is 2.32 bits per heavy atom. The number of nitrogens with one attached hydrogen (secondary N) is 2. The number of carbonyl (C=O) groups is 1. The minimum atomic E-state index is -0.303. The fourth-order valence-electron chi connectivity index (χ4n) is 3.43. The Balaban J connectivity index is 1.41. The van der Waals surface area contributed by atoms with Gasteiger partial charge < -0.3 is 14.5 Å². The zero-order chi connectivity index (χ0) is 24.2. The van der Waals surface area contributed by atoms with Gasteiger partial charge >= 0.3 is 0 Å². The number of carbonyl (C=O) groups excluding carboxylic acids is 1. The van der Waals surface area contributed by atoms with Crippen molar-refractivity contribution in [2.75, 3.05) is 5.32 Å². The number of hydrogen-bond acceptors (Lipinski definition) is 5. The van der Waals surface area contributed by atoms with Crippen LogP contribution in [0.3, 0.4) is 0 Å². The number of hydrogen-bond donors (Lipinski definition) is 2. The van der Waals surface area contributed by atoms with E-state index in [2.05, 4.69) is 41.6 Å². The molecule has 34 heavy (non-hydrogen) atoms. The molecule has 1 heterocycles. The Labute approximate surface area is 204 Å². The Bertz CT molecular complexity index is 1310. The molecule has 0 aliphatic carbocycles. The molecule has 0 fully saturated rings. The molecule has 174 valence electrons. The smallest absolute Gasteiger partial charge is 0.257 e. The van der Waals surface area contributed by atoms with Gasteiger partial charge in [0.15, 0.2) is 10.7 Å². The van der Waals surface area contributed by atoms with Gasteiger partial charge in [0.25, 0.3) is 5.91 Å². The predicted octanol–water partition coefficient (Wildman–Crippen LogP) is 6.53. The van der Waals surface area contributed by atoms with E-state index in [-0.39, 0.29) is 17.1 Å². The van der Waals surface area contributed by atoms with Gasteiger partial charge in [-0.1, -0.05) is 26.0 Å². The second-order valence-corrected chi connectivity index (χ2v) is 8.99. The van der Waals surface area contributed by atoms with E-state index >= 15 is 0 Å². The van der Waals surface area contributed by atoms with Gasteiger partial charge in [-0.2, -0.15) is 0 Å². The maximum atomic E-state index is 12.5. The first-order valence-electron chi connectivity index (χ1n) is 11.2. The maximum Gasteiger partial charge on any atom is 0.257 e. The first kappa shape index (κ1) is 23.4. The van der Waals surface area contributed by atoms with Gasteiger partial charge in [0, 0.05) is 16.8 Å². The molecular weight excluding hydrogens is 446 g/mol. The van der Waals surface area contributed by atoms with Gasteiger partial charge in [0.2, 0.25) is 5.89 Å². The lowest BCUT2D eigenvalue weighted by molar-refractivity contribution is 0.0977. The van der Waals surface area contributed by atoms with Crippen molar-refractivity contribution in [3.63, 3.8) is 0 Å². The van der Waals surface area contributed by atoms with Crippen LogP contribution in [-0.4, -0.2) is 22.1 Å². The normalized spacial score (nSPS) is 11.1. The molecule has 0 aliphatic heterocycles. The first-order valence-corrected chi connectivity index (χ1v) is 11.6. The summed E-state index contributed by atoms with van der Waals surface area (Å²) in [6.07, 6.45) is 0.0695. The number of aromatic nitrogens is 1. The molecule has 6 nitrogen and oxygen atoms in total. The van der Waals surface area contributed by atoms with Crippen molar-refractivity contribution in [3.8, 4) is 17.2 Å². The molecule has 0 saturated heterocycles. The number of amides is 1. The van der Waals surface area contributed by atoms with E-state index in [0.717, 1.165) is 5.56 Å². The Morgan fingerprint density at radius 2 is 1.68 bits per heavy atom. The summed E-state index contributed by atoms with van der Waals surface area (Å²) in [5.74, 6) is 1.43. The highest BCUT2D eigenvalue weighted by Crippen LogP contribution is 2.27. The van der Waals surface area contributed by atoms with Crippen LogP contribution < -0.4 is 15.4 Å². The van der Waals surface area contributed by atoms with E-state index in [1.54, 1.807) is 24.3 Å². The average Bonchev–Trinajstić information content (AvgIpc) is 3.22. The van der Waals surface area contributed by atoms with Crippen molar-refractivity contribution < 1.29 is 13.9 Å². The summed E-state index contributed by atoms with van der Waals surface area (Å²) in [5, 5.41) is 5.92. The second-order valence-electron chi connectivity index (χ2n) is 8.58. The molecule has 0 radical (unpaired) electrons. The third kappa shape index (κ3) is 5.61. The molecule has 1 aromatic heterocycles. The van der Waals surface area contributed by atoms with Crippen molar-refractivity contribution in [2.24, 2.45) is 0 Å². The predicted molar refractivity (Wildman–Crippen MR) is 139 cm³/mol. The van der Waals surface area contributed by atoms with Crippen LogP contribution in [0.2, 0.25) is 0 Å². The van der Waals surface area contributed by atoms with E-state index in [1.807, 2.05) is 44.2 Å². The highest BCUT2D eigenvalue weighted by molar-refractivity contribution is 7.80. The van der Waals surface area contributed by atoms with Gasteiger partial charge in [-0.25, -0.2) is 4.98 Å². The summed E-state index contributed by atoms with van der Waals surface area (Å²) in [7, 11) is 0. The molecule has 0 saturated carbocycles. The fraction of sp³-hybridized carbons (Fsp3) is 0.222. The summed E-state index contributed by atoms with van der Waals surface area (Å²) in [4.78, 5) is 17.1.